The minimum atomic E-state index is -3.07. The molecule has 2 N–H and O–H groups in total. The summed E-state index contributed by atoms with van der Waals surface area (Å²) in [6, 6.07) is 8.92. The lowest BCUT2D eigenvalue weighted by atomic mass is 10.2. The lowest BCUT2D eigenvalue weighted by Crippen LogP contribution is -2.29. The predicted molar refractivity (Wildman–Crippen MR) is 62.2 cm³/mol. The highest BCUT2D eigenvalue weighted by Gasteiger charge is 2.15. The number of nitrogens with two attached hydrogens (primary N) is 1. The molecule has 1 rings (SSSR count). The first-order chi connectivity index (χ1) is 7.03. The number of hydrogen-bond donors (Lipinski definition) is 1. The predicted octanol–water partition coefficient (Wildman–Crippen LogP) is 1.34. The summed E-state index contributed by atoms with van der Waals surface area (Å²) < 4.78 is 23.4. The van der Waals surface area contributed by atoms with E-state index in [1.165, 1.54) is 0 Å². The molecule has 84 valence electrons. The van der Waals surface area contributed by atoms with Gasteiger partial charge in [0, 0.05) is 6.04 Å². The summed E-state index contributed by atoms with van der Waals surface area (Å²) in [4.78, 5) is 0. The van der Waals surface area contributed by atoms with Crippen molar-refractivity contribution in [2.75, 3.05) is 5.75 Å². The van der Waals surface area contributed by atoms with Gasteiger partial charge in [-0.15, -0.1) is 0 Å². The molecule has 15 heavy (non-hydrogen) atoms. The number of benzene rings is 1. The maximum absolute atomic E-state index is 11.7. The smallest absolute Gasteiger partial charge is 0.155 e. The molecule has 0 amide bonds. The van der Waals surface area contributed by atoms with E-state index in [1.807, 2.05) is 37.3 Å². The minimum Gasteiger partial charge on any atom is -0.327 e. The van der Waals surface area contributed by atoms with Crippen molar-refractivity contribution in [3.8, 4) is 0 Å². The molecule has 0 aromatic heterocycles. The average molecular weight is 227 g/mol. The molecule has 0 saturated heterocycles. The SMILES string of the molecule is CCC(N)CS(=O)(=O)Cc1ccccc1. The van der Waals surface area contributed by atoms with Crippen LogP contribution in [0.25, 0.3) is 0 Å². The third-order valence-electron chi connectivity index (χ3n) is 2.22. The van der Waals surface area contributed by atoms with Gasteiger partial charge in [0.05, 0.1) is 11.5 Å². The van der Waals surface area contributed by atoms with E-state index in [-0.39, 0.29) is 17.5 Å². The molecular weight excluding hydrogens is 210 g/mol. The fourth-order valence-corrected chi connectivity index (χ4v) is 3.04. The van der Waals surface area contributed by atoms with Crippen LogP contribution >= 0.6 is 0 Å². The van der Waals surface area contributed by atoms with Crippen molar-refractivity contribution in [3.05, 3.63) is 35.9 Å². The zero-order chi connectivity index (χ0) is 11.3. The van der Waals surface area contributed by atoms with Gasteiger partial charge in [-0.2, -0.15) is 0 Å². The Labute approximate surface area is 91.2 Å². The lowest BCUT2D eigenvalue weighted by molar-refractivity contribution is 0.583. The highest BCUT2D eigenvalue weighted by molar-refractivity contribution is 7.90. The molecule has 0 fully saturated rings. The normalized spacial score (nSPS) is 13.7. The zero-order valence-electron chi connectivity index (χ0n) is 8.89. The van der Waals surface area contributed by atoms with E-state index < -0.39 is 9.84 Å². The van der Waals surface area contributed by atoms with E-state index in [1.54, 1.807) is 0 Å². The van der Waals surface area contributed by atoms with Gasteiger partial charge in [0.15, 0.2) is 9.84 Å². The fourth-order valence-electron chi connectivity index (χ4n) is 1.33. The Bertz CT molecular complexity index is 386. The molecule has 0 bridgehead atoms. The third kappa shape index (κ3) is 4.44. The van der Waals surface area contributed by atoms with Gasteiger partial charge >= 0.3 is 0 Å². The van der Waals surface area contributed by atoms with Crippen LogP contribution in [0.2, 0.25) is 0 Å². The van der Waals surface area contributed by atoms with Crippen molar-refractivity contribution in [1.82, 2.24) is 0 Å². The van der Waals surface area contributed by atoms with Gasteiger partial charge in [0.2, 0.25) is 0 Å². The molecule has 0 aliphatic heterocycles. The molecule has 0 aliphatic rings. The maximum atomic E-state index is 11.7. The van der Waals surface area contributed by atoms with Crippen molar-refractivity contribution < 1.29 is 8.42 Å². The first-order valence-corrected chi connectivity index (χ1v) is 6.85. The van der Waals surface area contributed by atoms with E-state index in [0.29, 0.717) is 6.42 Å². The second kappa shape index (κ2) is 5.28. The molecule has 3 nitrogen and oxygen atoms in total. The van der Waals surface area contributed by atoms with Crippen molar-refractivity contribution in [1.29, 1.82) is 0 Å². The van der Waals surface area contributed by atoms with Crippen molar-refractivity contribution in [3.63, 3.8) is 0 Å². The van der Waals surface area contributed by atoms with E-state index in [4.69, 9.17) is 5.73 Å². The second-order valence-electron chi connectivity index (χ2n) is 3.71. The van der Waals surface area contributed by atoms with Crippen LogP contribution in [0.15, 0.2) is 30.3 Å². The van der Waals surface area contributed by atoms with Gasteiger partial charge in [-0.05, 0) is 12.0 Å². The summed E-state index contributed by atoms with van der Waals surface area (Å²) in [6.45, 7) is 1.89. The summed E-state index contributed by atoms with van der Waals surface area (Å²) in [5, 5.41) is 0. The van der Waals surface area contributed by atoms with Crippen LogP contribution in [0.4, 0.5) is 0 Å². The van der Waals surface area contributed by atoms with Crippen molar-refractivity contribution in [2.45, 2.75) is 25.1 Å². The maximum Gasteiger partial charge on any atom is 0.155 e. The Hall–Kier alpha value is -0.870. The zero-order valence-corrected chi connectivity index (χ0v) is 9.70. The molecular formula is C11H17NO2S. The molecule has 0 aliphatic carbocycles. The van der Waals surface area contributed by atoms with Gasteiger partial charge in [-0.3, -0.25) is 0 Å². The van der Waals surface area contributed by atoms with Crippen LogP contribution in [0, 0.1) is 0 Å². The Morgan fingerprint density at radius 3 is 2.40 bits per heavy atom. The molecule has 0 heterocycles. The van der Waals surface area contributed by atoms with E-state index >= 15 is 0 Å². The Balaban J connectivity index is 2.65. The summed E-state index contributed by atoms with van der Waals surface area (Å²) in [7, 11) is -3.07. The summed E-state index contributed by atoms with van der Waals surface area (Å²) in [5.74, 6) is 0.153. The van der Waals surface area contributed by atoms with Gasteiger partial charge in [-0.25, -0.2) is 8.42 Å². The van der Waals surface area contributed by atoms with Crippen molar-refractivity contribution >= 4 is 9.84 Å². The number of sulfone groups is 1. The second-order valence-corrected chi connectivity index (χ2v) is 5.82. The molecule has 1 atom stereocenters. The number of rotatable bonds is 5. The summed E-state index contributed by atoms with van der Waals surface area (Å²) in [5.41, 5.74) is 6.45. The summed E-state index contributed by atoms with van der Waals surface area (Å²) >= 11 is 0. The molecule has 0 saturated carbocycles. The van der Waals surface area contributed by atoms with Crippen LogP contribution in [0.3, 0.4) is 0 Å². The molecule has 0 spiro atoms. The van der Waals surface area contributed by atoms with Crippen LogP contribution < -0.4 is 5.73 Å². The lowest BCUT2D eigenvalue weighted by Gasteiger charge is -2.09. The highest BCUT2D eigenvalue weighted by atomic mass is 32.2. The van der Waals surface area contributed by atoms with Gasteiger partial charge in [-0.1, -0.05) is 37.3 Å². The van der Waals surface area contributed by atoms with Gasteiger partial charge < -0.3 is 5.73 Å². The van der Waals surface area contributed by atoms with Gasteiger partial charge in [0.1, 0.15) is 0 Å². The third-order valence-corrected chi connectivity index (χ3v) is 3.93. The topological polar surface area (TPSA) is 60.2 Å². The number of hydrogen-bond acceptors (Lipinski definition) is 3. The molecule has 1 aromatic rings. The Morgan fingerprint density at radius 1 is 1.27 bits per heavy atom. The summed E-state index contributed by atoms with van der Waals surface area (Å²) in [6.07, 6.45) is 0.689. The van der Waals surface area contributed by atoms with Crippen molar-refractivity contribution in [2.24, 2.45) is 5.73 Å². The first-order valence-electron chi connectivity index (χ1n) is 5.03. The minimum absolute atomic E-state index is 0.0679. The van der Waals surface area contributed by atoms with Crippen LogP contribution in [-0.4, -0.2) is 20.2 Å². The Morgan fingerprint density at radius 2 is 1.87 bits per heavy atom. The van der Waals surface area contributed by atoms with Crippen LogP contribution in [0.1, 0.15) is 18.9 Å². The Kier molecular flexibility index (Phi) is 4.29. The fraction of sp³-hybridized carbons (Fsp3) is 0.455. The molecule has 1 unspecified atom stereocenters. The largest absolute Gasteiger partial charge is 0.327 e. The highest BCUT2D eigenvalue weighted by Crippen LogP contribution is 2.07. The standard InChI is InChI=1S/C11H17NO2S/c1-2-11(12)9-15(13,14)8-10-6-4-3-5-7-10/h3-7,11H,2,8-9,12H2,1H3. The van der Waals surface area contributed by atoms with Crippen LogP contribution in [0.5, 0.6) is 0 Å². The molecule has 0 radical (unpaired) electrons. The van der Waals surface area contributed by atoms with E-state index in [9.17, 15) is 8.42 Å². The monoisotopic (exact) mass is 227 g/mol. The average Bonchev–Trinajstić information content (AvgIpc) is 2.17. The molecule has 1 aromatic carbocycles. The molecule has 4 heteroatoms. The van der Waals surface area contributed by atoms with Crippen LogP contribution in [-0.2, 0) is 15.6 Å². The van der Waals surface area contributed by atoms with E-state index in [2.05, 4.69) is 0 Å². The van der Waals surface area contributed by atoms with E-state index in [0.717, 1.165) is 5.56 Å². The van der Waals surface area contributed by atoms with Gasteiger partial charge in [0.25, 0.3) is 0 Å². The quantitative estimate of drug-likeness (QED) is 0.825. The first kappa shape index (κ1) is 12.2.